The van der Waals surface area contributed by atoms with E-state index in [-0.39, 0.29) is 18.0 Å². The first-order chi connectivity index (χ1) is 11.1. The van der Waals surface area contributed by atoms with Gasteiger partial charge < -0.3 is 15.3 Å². The maximum Gasteiger partial charge on any atom is 0.317 e. The molecular formula is C18H22N2O3. The highest BCUT2D eigenvalue weighted by Crippen LogP contribution is 2.54. The fourth-order valence-electron chi connectivity index (χ4n) is 4.33. The number of hydrogen-bond acceptors (Lipinski definition) is 2. The maximum absolute atomic E-state index is 12.4. The second kappa shape index (κ2) is 5.55. The molecule has 5 nitrogen and oxygen atoms in total. The van der Waals surface area contributed by atoms with Crippen LogP contribution in [0, 0.1) is 11.8 Å². The van der Waals surface area contributed by atoms with E-state index in [0.717, 1.165) is 12.8 Å². The third-order valence-electron chi connectivity index (χ3n) is 5.75. The lowest BCUT2D eigenvalue weighted by Gasteiger charge is -2.30. The van der Waals surface area contributed by atoms with Crippen molar-refractivity contribution in [2.24, 2.45) is 11.8 Å². The number of amides is 2. The van der Waals surface area contributed by atoms with Crippen LogP contribution in [0.15, 0.2) is 24.3 Å². The molecule has 2 fully saturated rings. The molecule has 0 aromatic heterocycles. The van der Waals surface area contributed by atoms with E-state index in [2.05, 4.69) is 29.6 Å². The Balaban J connectivity index is 1.36. The Morgan fingerprint density at radius 1 is 1.13 bits per heavy atom. The zero-order valence-electron chi connectivity index (χ0n) is 13.1. The number of aryl methyl sites for hydroxylation is 1. The van der Waals surface area contributed by atoms with Crippen molar-refractivity contribution in [2.45, 2.75) is 37.6 Å². The van der Waals surface area contributed by atoms with Crippen LogP contribution in [0.1, 0.15) is 36.3 Å². The Morgan fingerprint density at radius 2 is 1.87 bits per heavy atom. The van der Waals surface area contributed by atoms with Crippen LogP contribution in [-0.4, -0.2) is 41.1 Å². The van der Waals surface area contributed by atoms with E-state index >= 15 is 0 Å². The molecule has 1 saturated heterocycles. The van der Waals surface area contributed by atoms with Crippen LogP contribution in [-0.2, 0) is 11.2 Å². The zero-order valence-corrected chi connectivity index (χ0v) is 13.1. The number of rotatable bonds is 2. The van der Waals surface area contributed by atoms with Crippen molar-refractivity contribution < 1.29 is 14.7 Å². The number of likely N-dealkylation sites (tertiary alicyclic amines) is 1. The van der Waals surface area contributed by atoms with Crippen LogP contribution in [0.5, 0.6) is 0 Å². The highest BCUT2D eigenvalue weighted by molar-refractivity contribution is 5.76. The normalized spacial score (nSPS) is 29.4. The van der Waals surface area contributed by atoms with Crippen molar-refractivity contribution in [3.8, 4) is 0 Å². The van der Waals surface area contributed by atoms with Gasteiger partial charge in [0.2, 0.25) is 0 Å². The summed E-state index contributed by atoms with van der Waals surface area (Å²) in [5.41, 5.74) is 2.83. The van der Waals surface area contributed by atoms with Gasteiger partial charge in [0.05, 0.1) is 5.92 Å². The number of aliphatic carboxylic acids is 1. The van der Waals surface area contributed by atoms with Gasteiger partial charge in [-0.1, -0.05) is 24.3 Å². The van der Waals surface area contributed by atoms with Crippen molar-refractivity contribution in [1.29, 1.82) is 0 Å². The van der Waals surface area contributed by atoms with Crippen LogP contribution in [0.4, 0.5) is 4.79 Å². The van der Waals surface area contributed by atoms with Crippen LogP contribution in [0.3, 0.4) is 0 Å². The van der Waals surface area contributed by atoms with Gasteiger partial charge in [0.1, 0.15) is 0 Å². The van der Waals surface area contributed by atoms with Crippen LogP contribution < -0.4 is 5.32 Å². The molecule has 2 amide bonds. The van der Waals surface area contributed by atoms with E-state index in [1.54, 1.807) is 4.90 Å². The molecule has 122 valence electrons. The van der Waals surface area contributed by atoms with Gasteiger partial charge in [-0.05, 0) is 42.7 Å². The predicted molar refractivity (Wildman–Crippen MR) is 85.2 cm³/mol. The Morgan fingerprint density at radius 3 is 2.61 bits per heavy atom. The van der Waals surface area contributed by atoms with E-state index < -0.39 is 5.97 Å². The predicted octanol–water partition coefficient (Wildman–Crippen LogP) is 2.22. The summed E-state index contributed by atoms with van der Waals surface area (Å²) in [6, 6.07) is 8.78. The molecule has 3 unspecified atom stereocenters. The number of carbonyl (C=O) groups is 2. The lowest BCUT2D eigenvalue weighted by molar-refractivity contribution is -0.143. The average Bonchev–Trinajstić information content (AvgIpc) is 3.28. The molecule has 2 N–H and O–H groups in total. The van der Waals surface area contributed by atoms with Crippen LogP contribution in [0.2, 0.25) is 0 Å². The number of hydrogen-bond donors (Lipinski definition) is 2. The van der Waals surface area contributed by atoms with Crippen molar-refractivity contribution in [3.63, 3.8) is 0 Å². The quantitative estimate of drug-likeness (QED) is 0.879. The van der Waals surface area contributed by atoms with Gasteiger partial charge >= 0.3 is 12.0 Å². The van der Waals surface area contributed by atoms with Crippen molar-refractivity contribution >= 4 is 12.0 Å². The summed E-state index contributed by atoms with van der Waals surface area (Å²) < 4.78 is 0. The molecule has 2 aliphatic carbocycles. The number of carboxylic acid groups (broad SMARTS) is 1. The molecule has 0 spiro atoms. The molecule has 1 aromatic carbocycles. The molecule has 3 atom stereocenters. The summed E-state index contributed by atoms with van der Waals surface area (Å²) in [5.74, 6) is 0.00942. The molecule has 5 heteroatoms. The Hall–Kier alpha value is -2.04. The molecule has 1 aromatic rings. The molecule has 3 aliphatic rings. The Bertz CT molecular complexity index is 637. The number of piperidine rings is 1. The number of nitrogens with zero attached hydrogens (tertiary/aromatic N) is 1. The average molecular weight is 314 g/mol. The lowest BCUT2D eigenvalue weighted by Crippen LogP contribution is -2.46. The highest BCUT2D eigenvalue weighted by Gasteiger charge is 2.54. The minimum atomic E-state index is -0.741. The summed E-state index contributed by atoms with van der Waals surface area (Å²) in [7, 11) is 0. The first-order valence-corrected chi connectivity index (χ1v) is 8.51. The summed E-state index contributed by atoms with van der Waals surface area (Å²) in [4.78, 5) is 25.2. The third-order valence-corrected chi connectivity index (χ3v) is 5.75. The van der Waals surface area contributed by atoms with Crippen LogP contribution >= 0.6 is 0 Å². The van der Waals surface area contributed by atoms with Gasteiger partial charge in [-0.25, -0.2) is 4.79 Å². The van der Waals surface area contributed by atoms with Crippen molar-refractivity contribution in [2.75, 3.05) is 13.1 Å². The summed E-state index contributed by atoms with van der Waals surface area (Å²) in [5, 5.41) is 12.2. The topological polar surface area (TPSA) is 69.6 Å². The van der Waals surface area contributed by atoms with Gasteiger partial charge in [-0.3, -0.25) is 4.79 Å². The molecule has 4 rings (SSSR count). The lowest BCUT2D eigenvalue weighted by atomic mass is 9.92. The minimum absolute atomic E-state index is 0.0225. The van der Waals surface area contributed by atoms with E-state index in [4.69, 9.17) is 5.11 Å². The van der Waals surface area contributed by atoms with E-state index in [1.165, 1.54) is 11.1 Å². The second-order valence-electron chi connectivity index (χ2n) is 7.00. The molecule has 23 heavy (non-hydrogen) atoms. The molecule has 0 bridgehead atoms. The Kier molecular flexibility index (Phi) is 3.51. The number of carboxylic acids is 1. The van der Waals surface area contributed by atoms with Crippen LogP contribution in [0.25, 0.3) is 0 Å². The number of urea groups is 1. The maximum atomic E-state index is 12.4. The zero-order chi connectivity index (χ0) is 16.0. The molecular weight excluding hydrogens is 292 g/mol. The van der Waals surface area contributed by atoms with Crippen molar-refractivity contribution in [3.05, 3.63) is 35.4 Å². The SMILES string of the molecule is O=C(O)C1CCN(C(=O)NC2C3CCc4ccccc4C32)CC1. The van der Waals surface area contributed by atoms with Gasteiger partial charge in [0.15, 0.2) is 0 Å². The fourth-order valence-corrected chi connectivity index (χ4v) is 4.33. The number of carbonyl (C=O) groups excluding carboxylic acids is 1. The first-order valence-electron chi connectivity index (χ1n) is 8.51. The Labute approximate surface area is 135 Å². The minimum Gasteiger partial charge on any atom is -0.481 e. The summed E-state index contributed by atoms with van der Waals surface area (Å²) in [6.45, 7) is 1.09. The monoisotopic (exact) mass is 314 g/mol. The molecule has 1 aliphatic heterocycles. The first kappa shape index (κ1) is 14.5. The van der Waals surface area contributed by atoms with Crippen molar-refractivity contribution in [1.82, 2.24) is 10.2 Å². The van der Waals surface area contributed by atoms with E-state index in [9.17, 15) is 9.59 Å². The molecule has 1 heterocycles. The second-order valence-corrected chi connectivity index (χ2v) is 7.00. The van der Waals surface area contributed by atoms with Gasteiger partial charge in [-0.15, -0.1) is 0 Å². The summed E-state index contributed by atoms with van der Waals surface area (Å²) >= 11 is 0. The largest absolute Gasteiger partial charge is 0.481 e. The van der Waals surface area contributed by atoms with Gasteiger partial charge in [0, 0.05) is 25.0 Å². The molecule has 1 saturated carbocycles. The number of nitrogens with one attached hydrogen (secondary N) is 1. The fraction of sp³-hybridized carbons (Fsp3) is 0.556. The summed E-state index contributed by atoms with van der Waals surface area (Å²) in [6.07, 6.45) is 3.37. The van der Waals surface area contributed by atoms with E-state index in [0.29, 0.717) is 37.8 Å². The standard InChI is InChI=1S/C18H22N2O3/c21-17(22)12-7-9-20(10-8-12)18(23)19-16-14-6-5-11-3-1-2-4-13(11)15(14)16/h1-4,12,14-16H,5-10H2,(H,19,23)(H,21,22). The van der Waals surface area contributed by atoms with Gasteiger partial charge in [-0.2, -0.15) is 0 Å². The van der Waals surface area contributed by atoms with E-state index in [1.807, 2.05) is 0 Å². The number of fused-ring (bicyclic) bond motifs is 3. The third kappa shape index (κ3) is 2.58. The highest BCUT2D eigenvalue weighted by atomic mass is 16.4. The number of benzene rings is 1. The van der Waals surface area contributed by atoms with Gasteiger partial charge in [0.25, 0.3) is 0 Å². The smallest absolute Gasteiger partial charge is 0.317 e. The molecule has 0 radical (unpaired) electrons.